The Hall–Kier alpha value is -2.88. The van der Waals surface area contributed by atoms with E-state index in [0.717, 1.165) is 22.8 Å². The van der Waals surface area contributed by atoms with Crippen LogP contribution in [0.5, 0.6) is 5.75 Å². The van der Waals surface area contributed by atoms with Crippen LogP contribution in [0.2, 0.25) is 5.02 Å². The fourth-order valence-corrected chi connectivity index (χ4v) is 3.88. The first kappa shape index (κ1) is 23.3. The summed E-state index contributed by atoms with van der Waals surface area (Å²) >= 11 is 5.91. The van der Waals surface area contributed by atoms with Crippen LogP contribution in [0.1, 0.15) is 23.2 Å². The zero-order valence-corrected chi connectivity index (χ0v) is 19.9. The van der Waals surface area contributed by atoms with Crippen LogP contribution in [-0.2, 0) is 30.0 Å². The van der Waals surface area contributed by atoms with Gasteiger partial charge in [-0.25, -0.2) is 0 Å². The van der Waals surface area contributed by atoms with E-state index in [0.29, 0.717) is 43.6 Å². The highest BCUT2D eigenvalue weighted by Crippen LogP contribution is 2.22. The lowest BCUT2D eigenvalue weighted by Gasteiger charge is -2.31. The largest absolute Gasteiger partial charge is 0.493 e. The molecule has 3 aromatic rings. The molecule has 176 valence electrons. The summed E-state index contributed by atoms with van der Waals surface area (Å²) in [5.74, 6) is 1.27. The van der Waals surface area contributed by atoms with Crippen molar-refractivity contribution in [1.82, 2.24) is 24.5 Å². The molecule has 3 heterocycles. The number of carbonyl (C=O) groups is 1. The molecule has 0 bridgehead atoms. The van der Waals surface area contributed by atoms with Crippen molar-refractivity contribution in [3.05, 3.63) is 58.5 Å². The molecular weight excluding hydrogens is 444 g/mol. The van der Waals surface area contributed by atoms with Gasteiger partial charge in [0.25, 0.3) is 0 Å². The van der Waals surface area contributed by atoms with Gasteiger partial charge in [-0.3, -0.25) is 19.1 Å². The maximum absolute atomic E-state index is 12.5. The third kappa shape index (κ3) is 6.13. The highest BCUT2D eigenvalue weighted by Gasteiger charge is 2.26. The highest BCUT2D eigenvalue weighted by atomic mass is 35.5. The number of carbonyl (C=O) groups excluding carboxylic acids is 1. The number of aryl methyl sites for hydroxylation is 3. The van der Waals surface area contributed by atoms with Crippen molar-refractivity contribution < 1.29 is 14.3 Å². The topological polar surface area (TPSA) is 86.4 Å². The van der Waals surface area contributed by atoms with E-state index in [1.165, 1.54) is 0 Å². The molecular formula is C23H29ClN6O3. The van der Waals surface area contributed by atoms with Gasteiger partial charge in [-0.15, -0.1) is 0 Å². The van der Waals surface area contributed by atoms with Gasteiger partial charge < -0.3 is 14.8 Å². The quantitative estimate of drug-likeness (QED) is 0.542. The normalized spacial score (nSPS) is 16.7. The fourth-order valence-electron chi connectivity index (χ4n) is 3.76. The fraction of sp³-hybridized carbons (Fsp3) is 0.435. The predicted molar refractivity (Wildman–Crippen MR) is 126 cm³/mol. The average molecular weight is 473 g/mol. The summed E-state index contributed by atoms with van der Waals surface area (Å²) in [6.07, 6.45) is 0.537. The molecule has 2 aromatic heterocycles. The lowest BCUT2D eigenvalue weighted by atomic mass is 10.2. The monoisotopic (exact) mass is 472 g/mol. The first-order valence-corrected chi connectivity index (χ1v) is 11.3. The Kier molecular flexibility index (Phi) is 7.32. The minimum Gasteiger partial charge on any atom is -0.493 e. The van der Waals surface area contributed by atoms with E-state index < -0.39 is 0 Å². The molecule has 4 rings (SSSR count). The van der Waals surface area contributed by atoms with Gasteiger partial charge in [0, 0.05) is 56.1 Å². The van der Waals surface area contributed by atoms with E-state index >= 15 is 0 Å². The van der Waals surface area contributed by atoms with Crippen molar-refractivity contribution in [2.24, 2.45) is 14.1 Å². The van der Waals surface area contributed by atoms with Crippen LogP contribution in [0.4, 0.5) is 5.82 Å². The van der Waals surface area contributed by atoms with E-state index in [2.05, 4.69) is 26.5 Å². The summed E-state index contributed by atoms with van der Waals surface area (Å²) in [5.41, 5.74) is 2.91. The van der Waals surface area contributed by atoms with Crippen LogP contribution in [0.25, 0.3) is 0 Å². The molecule has 1 atom stereocenters. The van der Waals surface area contributed by atoms with Gasteiger partial charge in [0.2, 0.25) is 5.91 Å². The summed E-state index contributed by atoms with van der Waals surface area (Å²) in [5, 5.41) is 12.5. The van der Waals surface area contributed by atoms with Gasteiger partial charge in [-0.2, -0.15) is 10.2 Å². The number of hydrogen-bond acceptors (Lipinski definition) is 6. The molecule has 0 aliphatic carbocycles. The number of hydrogen-bond donors (Lipinski definition) is 1. The summed E-state index contributed by atoms with van der Waals surface area (Å²) in [6.45, 7) is 4.61. The minimum atomic E-state index is -0.180. The van der Waals surface area contributed by atoms with Crippen LogP contribution in [0.15, 0.2) is 36.4 Å². The molecule has 1 N–H and O–H groups in total. The zero-order valence-electron chi connectivity index (χ0n) is 19.1. The first-order chi connectivity index (χ1) is 15.9. The lowest BCUT2D eigenvalue weighted by Crippen LogP contribution is -2.42. The van der Waals surface area contributed by atoms with Crippen molar-refractivity contribution in [3.8, 4) is 5.75 Å². The van der Waals surface area contributed by atoms with Gasteiger partial charge >= 0.3 is 0 Å². The van der Waals surface area contributed by atoms with E-state index in [-0.39, 0.29) is 18.6 Å². The highest BCUT2D eigenvalue weighted by molar-refractivity contribution is 6.30. The Balaban J connectivity index is 1.29. The van der Waals surface area contributed by atoms with Gasteiger partial charge in [-0.05, 0) is 37.3 Å². The van der Waals surface area contributed by atoms with Crippen LogP contribution < -0.4 is 10.1 Å². The van der Waals surface area contributed by atoms with E-state index in [9.17, 15) is 4.79 Å². The first-order valence-electron chi connectivity index (χ1n) is 10.9. The molecule has 1 saturated heterocycles. The maximum atomic E-state index is 12.5. The van der Waals surface area contributed by atoms with Gasteiger partial charge in [-0.1, -0.05) is 11.6 Å². The van der Waals surface area contributed by atoms with Gasteiger partial charge in [0.05, 0.1) is 25.5 Å². The Bertz CT molecular complexity index is 1070. The van der Waals surface area contributed by atoms with Crippen molar-refractivity contribution in [1.29, 1.82) is 0 Å². The van der Waals surface area contributed by atoms with Crippen LogP contribution >= 0.6 is 11.6 Å². The molecule has 1 aliphatic rings. The number of ether oxygens (including phenoxy) is 2. The van der Waals surface area contributed by atoms with E-state index in [1.54, 1.807) is 4.68 Å². The van der Waals surface area contributed by atoms with Crippen LogP contribution in [0.3, 0.4) is 0 Å². The molecule has 0 spiro atoms. The molecule has 1 unspecified atom stereocenters. The summed E-state index contributed by atoms with van der Waals surface area (Å²) < 4.78 is 15.4. The smallest absolute Gasteiger partial charge is 0.239 e. The number of nitrogens with zero attached hydrogens (tertiary/aromatic N) is 5. The van der Waals surface area contributed by atoms with E-state index in [4.69, 9.17) is 21.1 Å². The number of amides is 1. The molecule has 0 radical (unpaired) electrons. The second-order valence-electron chi connectivity index (χ2n) is 8.17. The second kappa shape index (κ2) is 10.4. The minimum absolute atomic E-state index is 0.0881. The average Bonchev–Trinajstić information content (AvgIpc) is 3.30. The van der Waals surface area contributed by atoms with Crippen molar-refractivity contribution in [2.45, 2.75) is 19.4 Å². The number of aromatic nitrogens is 4. The Morgan fingerprint density at radius 3 is 2.73 bits per heavy atom. The Morgan fingerprint density at radius 2 is 2.00 bits per heavy atom. The number of nitrogens with one attached hydrogen (secondary N) is 1. The third-order valence-corrected chi connectivity index (χ3v) is 5.92. The number of rotatable bonds is 8. The third-order valence-electron chi connectivity index (χ3n) is 5.67. The number of anilines is 1. The summed E-state index contributed by atoms with van der Waals surface area (Å²) in [7, 11) is 3.77. The molecule has 10 heteroatoms. The Morgan fingerprint density at radius 1 is 1.21 bits per heavy atom. The molecule has 9 nitrogen and oxygen atoms in total. The molecule has 1 aromatic carbocycles. The number of benzene rings is 1. The van der Waals surface area contributed by atoms with Crippen molar-refractivity contribution in [3.63, 3.8) is 0 Å². The second-order valence-corrected chi connectivity index (χ2v) is 8.61. The summed E-state index contributed by atoms with van der Waals surface area (Å²) in [4.78, 5) is 14.6. The van der Waals surface area contributed by atoms with Crippen molar-refractivity contribution in [2.75, 3.05) is 38.2 Å². The predicted octanol–water partition coefficient (Wildman–Crippen LogP) is 2.75. The van der Waals surface area contributed by atoms with Gasteiger partial charge in [0.15, 0.2) is 5.82 Å². The lowest BCUT2D eigenvalue weighted by molar-refractivity contribution is -0.119. The van der Waals surface area contributed by atoms with Gasteiger partial charge in [0.1, 0.15) is 11.9 Å². The molecule has 1 amide bonds. The number of morpholine rings is 1. The van der Waals surface area contributed by atoms with Crippen LogP contribution in [0, 0.1) is 6.92 Å². The molecule has 0 saturated carbocycles. The SMILES string of the molecule is Cc1cc(NC(=O)CN2CCOC(c3cc(CCOc4ccc(Cl)cc4)n(C)n3)C2)nn1C. The summed E-state index contributed by atoms with van der Waals surface area (Å²) in [6, 6.07) is 11.2. The molecule has 1 aliphatic heterocycles. The Labute approximate surface area is 198 Å². The van der Waals surface area contributed by atoms with Crippen LogP contribution in [-0.4, -0.2) is 63.2 Å². The van der Waals surface area contributed by atoms with Crippen molar-refractivity contribution >= 4 is 23.3 Å². The molecule has 1 fully saturated rings. The standard InChI is InChI=1S/C23H29ClN6O3/c1-16-12-22(27-28(16)2)25-23(31)15-30-9-11-33-21(14-30)20-13-18(29(3)26-20)8-10-32-19-6-4-17(24)5-7-19/h4-7,12-13,21H,8-11,14-15H2,1-3H3,(H,25,27,31). The zero-order chi connectivity index (χ0) is 23.4. The number of halogens is 1. The van der Waals surface area contributed by atoms with E-state index in [1.807, 2.05) is 56.0 Å². The maximum Gasteiger partial charge on any atom is 0.239 e. The molecule has 33 heavy (non-hydrogen) atoms.